The van der Waals surface area contributed by atoms with Crippen molar-refractivity contribution in [1.29, 1.82) is 0 Å². The van der Waals surface area contributed by atoms with E-state index in [1.54, 1.807) is 36.4 Å². The highest BCUT2D eigenvalue weighted by Gasteiger charge is 2.17. The Morgan fingerprint density at radius 3 is 2.18 bits per heavy atom. The monoisotopic (exact) mass is 473 g/mol. The summed E-state index contributed by atoms with van der Waals surface area (Å²) in [7, 11) is 0.420. The Balaban J connectivity index is 1.87. The minimum absolute atomic E-state index is 0.0679. The maximum Gasteiger partial charge on any atom is 0.255 e. The maximum atomic E-state index is 14.3. The van der Waals surface area contributed by atoms with Crippen LogP contribution in [0.4, 0.5) is 15.8 Å². The van der Waals surface area contributed by atoms with E-state index in [9.17, 15) is 17.6 Å². The molecule has 0 aliphatic heterocycles. The van der Waals surface area contributed by atoms with Gasteiger partial charge in [-0.3, -0.25) is 4.79 Å². The highest BCUT2D eigenvalue weighted by molar-refractivity contribution is 7.89. The quantitative estimate of drug-likeness (QED) is 0.438. The van der Waals surface area contributed by atoms with Crippen molar-refractivity contribution < 1.29 is 27.1 Å². The summed E-state index contributed by atoms with van der Waals surface area (Å²) in [5.41, 5.74) is 1.31. The first kappa shape index (κ1) is 24.0. The number of halogens is 1. The van der Waals surface area contributed by atoms with E-state index in [4.69, 9.17) is 9.47 Å². The molecule has 0 bridgehead atoms. The van der Waals surface area contributed by atoms with Crippen molar-refractivity contribution in [3.63, 3.8) is 0 Å². The number of hydrogen-bond acceptors (Lipinski definition) is 6. The number of methoxy groups -OCH3 is 2. The van der Waals surface area contributed by atoms with Gasteiger partial charge in [0.1, 0.15) is 17.3 Å². The average Bonchev–Trinajstić information content (AvgIpc) is 2.83. The minimum atomic E-state index is -3.84. The highest BCUT2D eigenvalue weighted by atomic mass is 32.2. The third kappa shape index (κ3) is 5.99. The van der Waals surface area contributed by atoms with Gasteiger partial charge in [-0.05, 0) is 55.6 Å². The number of rotatable bonds is 9. The van der Waals surface area contributed by atoms with Gasteiger partial charge in [0.25, 0.3) is 5.91 Å². The third-order valence-electron chi connectivity index (χ3n) is 4.84. The van der Waals surface area contributed by atoms with E-state index in [-0.39, 0.29) is 17.0 Å². The summed E-state index contributed by atoms with van der Waals surface area (Å²) < 4.78 is 51.4. The van der Waals surface area contributed by atoms with Gasteiger partial charge in [-0.1, -0.05) is 6.07 Å². The lowest BCUT2D eigenvalue weighted by Gasteiger charge is -2.13. The molecule has 0 atom stereocenters. The zero-order valence-electron chi connectivity index (χ0n) is 18.3. The predicted molar refractivity (Wildman–Crippen MR) is 124 cm³/mol. The molecule has 0 saturated carbocycles. The number of benzene rings is 3. The van der Waals surface area contributed by atoms with Crippen LogP contribution in [0.25, 0.3) is 0 Å². The Labute approximate surface area is 191 Å². The van der Waals surface area contributed by atoms with E-state index in [2.05, 4.69) is 15.4 Å². The summed E-state index contributed by atoms with van der Waals surface area (Å²) in [4.78, 5) is 12.7. The second-order valence-electron chi connectivity index (χ2n) is 6.95. The van der Waals surface area contributed by atoms with E-state index in [1.807, 2.05) is 0 Å². The number of ether oxygens (including phenoxy) is 2. The first-order valence-corrected chi connectivity index (χ1v) is 11.3. The molecule has 0 aromatic heterocycles. The van der Waals surface area contributed by atoms with E-state index in [1.165, 1.54) is 45.5 Å². The van der Waals surface area contributed by atoms with Crippen molar-refractivity contribution in [3.8, 4) is 11.5 Å². The first-order valence-electron chi connectivity index (χ1n) is 9.86. The lowest BCUT2D eigenvalue weighted by atomic mass is 10.1. The number of nitrogens with one attached hydrogen (secondary N) is 3. The van der Waals surface area contributed by atoms with Gasteiger partial charge in [0, 0.05) is 35.1 Å². The Bertz CT molecular complexity index is 1250. The van der Waals surface area contributed by atoms with Crippen molar-refractivity contribution in [2.45, 2.75) is 11.4 Å². The number of sulfonamides is 1. The number of carbonyl (C=O) groups excluding carboxylic acids is 1. The van der Waals surface area contributed by atoms with E-state index in [0.717, 1.165) is 0 Å². The van der Waals surface area contributed by atoms with Crippen molar-refractivity contribution in [2.24, 2.45) is 0 Å². The Hall–Kier alpha value is -3.63. The molecular formula is C23H24FN3O5S. The van der Waals surface area contributed by atoms with Crippen molar-refractivity contribution in [1.82, 2.24) is 4.72 Å². The molecule has 0 fully saturated rings. The summed E-state index contributed by atoms with van der Waals surface area (Å²) in [5, 5.41) is 5.70. The van der Waals surface area contributed by atoms with Gasteiger partial charge in [0.2, 0.25) is 10.0 Å². The minimum Gasteiger partial charge on any atom is -0.497 e. The molecule has 3 aromatic rings. The van der Waals surface area contributed by atoms with Gasteiger partial charge in [0.15, 0.2) is 0 Å². The molecular weight excluding hydrogens is 449 g/mol. The molecule has 8 nitrogen and oxygen atoms in total. The van der Waals surface area contributed by atoms with Crippen LogP contribution in [0.15, 0.2) is 65.6 Å². The van der Waals surface area contributed by atoms with Gasteiger partial charge in [-0.15, -0.1) is 0 Å². The SMILES string of the molecule is CNS(=O)(=O)c1cc(NCc2ccc(OC)cc2F)cc(C(=O)Nc2ccc(OC)cc2)c1. The van der Waals surface area contributed by atoms with E-state index < -0.39 is 21.7 Å². The fourth-order valence-electron chi connectivity index (χ4n) is 2.98. The summed E-state index contributed by atoms with van der Waals surface area (Å²) in [6, 6.07) is 15.3. The number of hydrogen-bond donors (Lipinski definition) is 3. The molecule has 3 N–H and O–H groups in total. The summed E-state index contributed by atoms with van der Waals surface area (Å²) in [6.45, 7) is 0.0679. The van der Waals surface area contributed by atoms with Gasteiger partial charge >= 0.3 is 0 Å². The molecule has 33 heavy (non-hydrogen) atoms. The molecule has 0 unspecified atom stereocenters. The van der Waals surface area contributed by atoms with Gasteiger partial charge in [0.05, 0.1) is 19.1 Å². The van der Waals surface area contributed by atoms with Crippen LogP contribution in [0.1, 0.15) is 15.9 Å². The van der Waals surface area contributed by atoms with Gasteiger partial charge in [-0.2, -0.15) is 0 Å². The molecule has 0 aliphatic rings. The maximum absolute atomic E-state index is 14.3. The molecule has 0 heterocycles. The fraction of sp³-hybridized carbons (Fsp3) is 0.174. The Morgan fingerprint density at radius 2 is 1.58 bits per heavy atom. The third-order valence-corrected chi connectivity index (χ3v) is 6.23. The van der Waals surface area contributed by atoms with Crippen LogP contribution >= 0.6 is 0 Å². The smallest absolute Gasteiger partial charge is 0.255 e. The van der Waals surface area contributed by atoms with E-state index >= 15 is 0 Å². The van der Waals surface area contributed by atoms with Crippen molar-refractivity contribution in [2.75, 3.05) is 31.9 Å². The molecule has 10 heteroatoms. The fourth-order valence-corrected chi connectivity index (χ4v) is 3.78. The molecule has 3 rings (SSSR count). The second-order valence-corrected chi connectivity index (χ2v) is 8.83. The molecule has 174 valence electrons. The molecule has 1 amide bonds. The molecule has 3 aromatic carbocycles. The number of carbonyl (C=O) groups is 1. The largest absolute Gasteiger partial charge is 0.497 e. The number of amides is 1. The molecule has 0 aliphatic carbocycles. The normalized spacial score (nSPS) is 11.0. The zero-order chi connectivity index (χ0) is 24.0. The van der Waals surface area contributed by atoms with Crippen molar-refractivity contribution >= 4 is 27.3 Å². The molecule has 0 radical (unpaired) electrons. The van der Waals surface area contributed by atoms with Crippen LogP contribution in [-0.4, -0.2) is 35.6 Å². The molecule has 0 spiro atoms. The molecule has 0 saturated heterocycles. The standard InChI is InChI=1S/C23H24FN3O5S/c1-25-33(29,30)21-11-16(23(28)27-17-5-8-19(31-2)9-6-17)10-18(12-21)26-14-15-4-7-20(32-3)13-22(15)24/h4-13,25-26H,14H2,1-3H3,(H,27,28). The lowest BCUT2D eigenvalue weighted by molar-refractivity contribution is 0.102. The Morgan fingerprint density at radius 1 is 0.909 bits per heavy atom. The second kappa shape index (κ2) is 10.3. The van der Waals surface area contributed by atoms with Crippen LogP contribution in [0.3, 0.4) is 0 Å². The first-order chi connectivity index (χ1) is 15.7. The summed E-state index contributed by atoms with van der Waals surface area (Å²) in [6.07, 6.45) is 0. The van der Waals surface area contributed by atoms with Crippen LogP contribution in [0.2, 0.25) is 0 Å². The van der Waals surface area contributed by atoms with Crippen LogP contribution in [-0.2, 0) is 16.6 Å². The van der Waals surface area contributed by atoms with E-state index in [0.29, 0.717) is 28.4 Å². The van der Waals surface area contributed by atoms with Gasteiger partial charge in [-0.25, -0.2) is 17.5 Å². The Kier molecular flexibility index (Phi) is 7.52. The van der Waals surface area contributed by atoms with Crippen LogP contribution in [0.5, 0.6) is 11.5 Å². The highest BCUT2D eigenvalue weighted by Crippen LogP contribution is 2.23. The summed E-state index contributed by atoms with van der Waals surface area (Å²) in [5.74, 6) is 0.0357. The predicted octanol–water partition coefficient (Wildman–Crippen LogP) is 3.62. The number of anilines is 2. The van der Waals surface area contributed by atoms with Crippen molar-refractivity contribution in [3.05, 3.63) is 77.6 Å². The van der Waals surface area contributed by atoms with Crippen LogP contribution in [0, 0.1) is 5.82 Å². The van der Waals surface area contributed by atoms with Gasteiger partial charge < -0.3 is 20.1 Å². The van der Waals surface area contributed by atoms with Crippen LogP contribution < -0.4 is 24.8 Å². The lowest BCUT2D eigenvalue weighted by Crippen LogP contribution is -2.20. The zero-order valence-corrected chi connectivity index (χ0v) is 19.1. The topological polar surface area (TPSA) is 106 Å². The average molecular weight is 474 g/mol. The summed E-state index contributed by atoms with van der Waals surface area (Å²) >= 11 is 0.